The van der Waals surface area contributed by atoms with Crippen molar-refractivity contribution in [1.29, 1.82) is 0 Å². The number of para-hydroxylation sites is 1. The van der Waals surface area contributed by atoms with Gasteiger partial charge < -0.3 is 9.15 Å². The van der Waals surface area contributed by atoms with Crippen LogP contribution >= 0.6 is 0 Å². The summed E-state index contributed by atoms with van der Waals surface area (Å²) in [6.45, 7) is 0. The van der Waals surface area contributed by atoms with Gasteiger partial charge in [-0.3, -0.25) is 15.1 Å². The zero-order valence-corrected chi connectivity index (χ0v) is 16.8. The third kappa shape index (κ3) is 3.50. The lowest BCUT2D eigenvalue weighted by molar-refractivity contribution is -0.384. The average Bonchev–Trinajstić information content (AvgIpc) is 3.44. The Hall–Kier alpha value is -4.13. The second kappa shape index (κ2) is 7.60. The predicted molar refractivity (Wildman–Crippen MR) is 119 cm³/mol. The Labute approximate surface area is 178 Å². The molecule has 154 valence electrons. The van der Waals surface area contributed by atoms with E-state index in [1.54, 1.807) is 19.2 Å². The summed E-state index contributed by atoms with van der Waals surface area (Å²) in [6.07, 6.45) is 0.642. The molecule has 0 saturated heterocycles. The standard InChI is InChI=1S/C24H19N3O4/c1-30-20-12-6-16(7-13-20)22-15-21(24-14-17-4-2-3-5-23(17)31-24)25-26(22)18-8-10-19(11-9-18)27(28)29/h2-14,22H,15H2,1H3. The molecule has 0 N–H and O–H groups in total. The molecule has 0 radical (unpaired) electrons. The number of methoxy groups -OCH3 is 1. The summed E-state index contributed by atoms with van der Waals surface area (Å²) in [5.74, 6) is 1.51. The van der Waals surface area contributed by atoms with Gasteiger partial charge in [-0.25, -0.2) is 0 Å². The normalized spacial score (nSPS) is 15.8. The van der Waals surface area contributed by atoms with Crippen LogP contribution < -0.4 is 9.75 Å². The Morgan fingerprint density at radius 2 is 1.81 bits per heavy atom. The lowest BCUT2D eigenvalue weighted by Gasteiger charge is -2.24. The summed E-state index contributed by atoms with van der Waals surface area (Å²) < 4.78 is 11.3. The van der Waals surface area contributed by atoms with Crippen LogP contribution in [0, 0.1) is 10.1 Å². The molecule has 0 amide bonds. The number of hydrogen-bond acceptors (Lipinski definition) is 6. The number of ether oxygens (including phenoxy) is 1. The first-order chi connectivity index (χ1) is 15.1. The molecule has 3 aromatic carbocycles. The highest BCUT2D eigenvalue weighted by Gasteiger charge is 2.31. The Bertz CT molecular complexity index is 1240. The molecule has 0 saturated carbocycles. The SMILES string of the molecule is COc1ccc(C2CC(c3cc4ccccc4o3)=NN2c2ccc([N+](=O)[O-])cc2)cc1. The minimum absolute atomic E-state index is 0.0467. The largest absolute Gasteiger partial charge is 0.497 e. The minimum Gasteiger partial charge on any atom is -0.497 e. The molecule has 7 nitrogen and oxygen atoms in total. The van der Waals surface area contributed by atoms with E-state index in [4.69, 9.17) is 14.3 Å². The van der Waals surface area contributed by atoms with Gasteiger partial charge in [0.05, 0.1) is 23.8 Å². The van der Waals surface area contributed by atoms with Crippen molar-refractivity contribution in [2.45, 2.75) is 12.5 Å². The van der Waals surface area contributed by atoms with E-state index < -0.39 is 4.92 Å². The van der Waals surface area contributed by atoms with Crippen molar-refractivity contribution in [3.05, 3.63) is 100 Å². The van der Waals surface area contributed by atoms with Crippen molar-refractivity contribution in [3.8, 4) is 5.75 Å². The Morgan fingerprint density at radius 1 is 1.06 bits per heavy atom. The number of anilines is 1. The fourth-order valence-electron chi connectivity index (χ4n) is 3.83. The highest BCUT2D eigenvalue weighted by Crippen LogP contribution is 2.38. The predicted octanol–water partition coefficient (Wildman–Crippen LogP) is 5.71. The van der Waals surface area contributed by atoms with Crippen molar-refractivity contribution < 1.29 is 14.1 Å². The van der Waals surface area contributed by atoms with Gasteiger partial charge in [-0.05, 0) is 42.0 Å². The van der Waals surface area contributed by atoms with Gasteiger partial charge >= 0.3 is 0 Å². The number of nitro benzene ring substituents is 1. The fourth-order valence-corrected chi connectivity index (χ4v) is 3.83. The second-order valence-corrected chi connectivity index (χ2v) is 7.31. The number of benzene rings is 3. The first-order valence-corrected chi connectivity index (χ1v) is 9.86. The Kier molecular flexibility index (Phi) is 4.63. The third-order valence-corrected chi connectivity index (χ3v) is 5.45. The smallest absolute Gasteiger partial charge is 0.269 e. The van der Waals surface area contributed by atoms with Crippen molar-refractivity contribution >= 4 is 28.1 Å². The van der Waals surface area contributed by atoms with Crippen LogP contribution in [-0.2, 0) is 0 Å². The van der Waals surface area contributed by atoms with E-state index in [0.717, 1.165) is 39.4 Å². The molecule has 0 spiro atoms. The van der Waals surface area contributed by atoms with Crippen molar-refractivity contribution in [3.63, 3.8) is 0 Å². The fraction of sp³-hybridized carbons (Fsp3) is 0.125. The van der Waals surface area contributed by atoms with E-state index >= 15 is 0 Å². The summed E-state index contributed by atoms with van der Waals surface area (Å²) in [5, 5.41) is 18.8. The Morgan fingerprint density at radius 3 is 2.48 bits per heavy atom. The summed E-state index contributed by atoms with van der Waals surface area (Å²) in [4.78, 5) is 10.6. The molecular formula is C24H19N3O4. The molecule has 31 heavy (non-hydrogen) atoms. The lowest BCUT2D eigenvalue weighted by atomic mass is 10.0. The van der Waals surface area contributed by atoms with E-state index in [-0.39, 0.29) is 11.7 Å². The molecule has 2 heterocycles. The number of fused-ring (bicyclic) bond motifs is 1. The maximum Gasteiger partial charge on any atom is 0.269 e. The van der Waals surface area contributed by atoms with Crippen LogP contribution in [0.2, 0.25) is 0 Å². The number of hydrazone groups is 1. The minimum atomic E-state index is -0.405. The molecule has 1 aliphatic heterocycles. The van der Waals surface area contributed by atoms with Gasteiger partial charge in [-0.15, -0.1) is 0 Å². The number of nitrogens with zero attached hydrogens (tertiary/aromatic N) is 3. The zero-order chi connectivity index (χ0) is 21.4. The molecule has 1 aliphatic rings. The van der Waals surface area contributed by atoms with E-state index in [1.165, 1.54) is 12.1 Å². The maximum atomic E-state index is 11.0. The van der Waals surface area contributed by atoms with Gasteiger partial charge in [0.25, 0.3) is 5.69 Å². The zero-order valence-electron chi connectivity index (χ0n) is 16.8. The van der Waals surface area contributed by atoms with E-state index in [9.17, 15) is 10.1 Å². The molecule has 1 aromatic heterocycles. The van der Waals surface area contributed by atoms with Crippen LogP contribution in [0.15, 0.2) is 88.4 Å². The molecule has 0 aliphatic carbocycles. The van der Waals surface area contributed by atoms with Gasteiger partial charge in [0, 0.05) is 23.9 Å². The number of hydrogen-bond donors (Lipinski definition) is 0. The molecule has 0 fully saturated rings. The summed E-state index contributed by atoms with van der Waals surface area (Å²) >= 11 is 0. The topological polar surface area (TPSA) is 81.1 Å². The van der Waals surface area contributed by atoms with Crippen LogP contribution in [0.3, 0.4) is 0 Å². The summed E-state index contributed by atoms with van der Waals surface area (Å²) in [7, 11) is 1.64. The first-order valence-electron chi connectivity index (χ1n) is 9.86. The molecule has 5 rings (SSSR count). The quantitative estimate of drug-likeness (QED) is 0.309. The number of nitro groups is 1. The molecule has 1 unspecified atom stereocenters. The van der Waals surface area contributed by atoms with Gasteiger partial charge in [0.1, 0.15) is 17.0 Å². The van der Waals surface area contributed by atoms with Crippen LogP contribution in [0.4, 0.5) is 11.4 Å². The highest BCUT2D eigenvalue weighted by molar-refractivity contribution is 6.03. The molecule has 7 heteroatoms. The molecule has 4 aromatic rings. The van der Waals surface area contributed by atoms with Crippen molar-refractivity contribution in [2.24, 2.45) is 5.10 Å². The summed E-state index contributed by atoms with van der Waals surface area (Å²) in [6, 6.07) is 24.1. The second-order valence-electron chi connectivity index (χ2n) is 7.31. The van der Waals surface area contributed by atoms with Crippen LogP contribution in [0.1, 0.15) is 23.8 Å². The van der Waals surface area contributed by atoms with Crippen LogP contribution in [0.5, 0.6) is 5.75 Å². The maximum absolute atomic E-state index is 11.0. The monoisotopic (exact) mass is 413 g/mol. The van der Waals surface area contributed by atoms with Gasteiger partial charge in [-0.1, -0.05) is 30.3 Å². The van der Waals surface area contributed by atoms with Crippen molar-refractivity contribution in [2.75, 3.05) is 12.1 Å². The number of rotatable bonds is 5. The van der Waals surface area contributed by atoms with Crippen molar-refractivity contribution in [1.82, 2.24) is 0 Å². The Balaban J connectivity index is 1.55. The van der Waals surface area contributed by atoms with Crippen LogP contribution in [-0.4, -0.2) is 17.7 Å². The van der Waals surface area contributed by atoms with E-state index in [2.05, 4.69) is 0 Å². The number of non-ortho nitro benzene ring substituents is 1. The average molecular weight is 413 g/mol. The van der Waals surface area contributed by atoms with E-state index in [0.29, 0.717) is 6.42 Å². The van der Waals surface area contributed by atoms with E-state index in [1.807, 2.05) is 59.6 Å². The van der Waals surface area contributed by atoms with Gasteiger partial charge in [-0.2, -0.15) is 5.10 Å². The first kappa shape index (κ1) is 18.9. The lowest BCUT2D eigenvalue weighted by Crippen LogP contribution is -2.18. The van der Waals surface area contributed by atoms with Gasteiger partial charge in [0.15, 0.2) is 5.76 Å². The highest BCUT2D eigenvalue weighted by atomic mass is 16.6. The van der Waals surface area contributed by atoms with Crippen LogP contribution in [0.25, 0.3) is 11.0 Å². The molecule has 1 atom stereocenters. The number of furan rings is 1. The molecular weight excluding hydrogens is 394 g/mol. The molecule has 0 bridgehead atoms. The third-order valence-electron chi connectivity index (χ3n) is 5.45. The summed E-state index contributed by atoms with van der Waals surface area (Å²) in [5.41, 5.74) is 3.53. The van der Waals surface area contributed by atoms with Gasteiger partial charge in [0.2, 0.25) is 0 Å².